The molecule has 0 aliphatic heterocycles. The van der Waals surface area contributed by atoms with Crippen molar-refractivity contribution < 1.29 is 0 Å². The number of fused-ring (bicyclic) bond motifs is 1. The van der Waals surface area contributed by atoms with Crippen molar-refractivity contribution in [3.8, 4) is 0 Å². The van der Waals surface area contributed by atoms with Crippen LogP contribution in [0.1, 0.15) is 30.8 Å². The molecule has 3 rings (SSSR count). The van der Waals surface area contributed by atoms with Gasteiger partial charge in [0.05, 0.1) is 11.9 Å². The highest BCUT2D eigenvalue weighted by Crippen LogP contribution is 2.20. The van der Waals surface area contributed by atoms with E-state index in [9.17, 15) is 0 Å². The van der Waals surface area contributed by atoms with Gasteiger partial charge in [-0.05, 0) is 33.8 Å². The van der Waals surface area contributed by atoms with Gasteiger partial charge in [0.1, 0.15) is 0 Å². The fourth-order valence-electron chi connectivity index (χ4n) is 2.42. The number of nitrogens with one attached hydrogen (secondary N) is 1. The van der Waals surface area contributed by atoms with E-state index < -0.39 is 0 Å². The summed E-state index contributed by atoms with van der Waals surface area (Å²) < 4.78 is 1.91. The minimum Gasteiger partial charge on any atom is -0.358 e. The van der Waals surface area contributed by atoms with E-state index in [1.54, 1.807) is 11.3 Å². The van der Waals surface area contributed by atoms with Crippen LogP contribution in [0.2, 0.25) is 0 Å². The summed E-state index contributed by atoms with van der Waals surface area (Å²) in [5, 5.41) is 7.94. The topological polar surface area (TPSA) is 45.4 Å². The Labute approximate surface area is 133 Å². The Balaban J connectivity index is 2.08. The molecule has 22 heavy (non-hydrogen) atoms. The van der Waals surface area contributed by atoms with Crippen LogP contribution >= 0.6 is 11.3 Å². The van der Waals surface area contributed by atoms with Gasteiger partial charge in [0, 0.05) is 33.6 Å². The molecule has 0 saturated heterocycles. The second kappa shape index (κ2) is 5.93. The third kappa shape index (κ3) is 2.76. The zero-order chi connectivity index (χ0) is 15.7. The summed E-state index contributed by atoms with van der Waals surface area (Å²) in [5.41, 5.74) is 4.49. The maximum absolute atomic E-state index is 4.66. The lowest BCUT2D eigenvalue weighted by Crippen LogP contribution is -2.14. The Morgan fingerprint density at radius 3 is 2.77 bits per heavy atom. The molecular weight excluding hydrogens is 292 g/mol. The van der Waals surface area contributed by atoms with Crippen LogP contribution in [0.4, 0.5) is 0 Å². The Bertz CT molecular complexity index is 893. The Morgan fingerprint density at radius 1 is 1.23 bits per heavy atom. The number of H-pyrrole nitrogens is 1. The van der Waals surface area contributed by atoms with E-state index in [2.05, 4.69) is 66.4 Å². The van der Waals surface area contributed by atoms with Gasteiger partial charge in [-0.3, -0.25) is 4.99 Å². The first kappa shape index (κ1) is 14.8. The van der Waals surface area contributed by atoms with E-state index in [4.69, 9.17) is 0 Å². The van der Waals surface area contributed by atoms with Crippen molar-refractivity contribution in [2.75, 3.05) is 0 Å². The van der Waals surface area contributed by atoms with Gasteiger partial charge in [0.2, 0.25) is 4.80 Å². The van der Waals surface area contributed by atoms with Crippen LogP contribution in [0, 0.1) is 13.8 Å². The third-order valence-electron chi connectivity index (χ3n) is 3.46. The second-order valence-electron chi connectivity index (χ2n) is 5.65. The number of aromatic amines is 1. The zero-order valence-electron chi connectivity index (χ0n) is 13.3. The highest BCUT2D eigenvalue weighted by Gasteiger charge is 2.06. The Morgan fingerprint density at radius 2 is 2.00 bits per heavy atom. The molecule has 0 radical (unpaired) electrons. The number of aryl methyl sites for hydroxylation is 2. The summed E-state index contributed by atoms with van der Waals surface area (Å²) in [6.45, 7) is 8.28. The lowest BCUT2D eigenvalue weighted by atomic mass is 10.1. The van der Waals surface area contributed by atoms with Crippen molar-refractivity contribution >= 4 is 28.5 Å². The molecule has 0 bridgehead atoms. The van der Waals surface area contributed by atoms with Gasteiger partial charge in [-0.1, -0.05) is 18.2 Å². The van der Waals surface area contributed by atoms with Crippen LogP contribution in [0.15, 0.2) is 39.7 Å². The SMILES string of the molecule is Cc1[nH]c2ccccc2c1C=Nn1c(C)csc1=NC(C)C. The summed E-state index contributed by atoms with van der Waals surface area (Å²) in [5.74, 6) is 0. The number of nitrogens with zero attached hydrogens (tertiary/aromatic N) is 3. The van der Waals surface area contributed by atoms with Crippen LogP contribution in [-0.4, -0.2) is 21.9 Å². The average molecular weight is 312 g/mol. The predicted octanol–water partition coefficient (Wildman–Crippen LogP) is 3.84. The molecule has 0 aliphatic rings. The highest BCUT2D eigenvalue weighted by atomic mass is 32.1. The first-order valence-corrected chi connectivity index (χ1v) is 8.27. The third-order valence-corrected chi connectivity index (χ3v) is 4.41. The minimum atomic E-state index is 0.259. The fraction of sp³-hybridized carbons (Fsp3) is 0.294. The minimum absolute atomic E-state index is 0.259. The Hall–Kier alpha value is -2.14. The van der Waals surface area contributed by atoms with E-state index >= 15 is 0 Å². The molecule has 0 fully saturated rings. The summed E-state index contributed by atoms with van der Waals surface area (Å²) >= 11 is 1.62. The maximum atomic E-state index is 4.66. The van der Waals surface area contributed by atoms with Crippen molar-refractivity contribution in [2.45, 2.75) is 33.7 Å². The lowest BCUT2D eigenvalue weighted by molar-refractivity contribution is 0.738. The molecule has 2 aromatic heterocycles. The summed E-state index contributed by atoms with van der Waals surface area (Å²) in [7, 11) is 0. The van der Waals surface area contributed by atoms with Crippen LogP contribution in [-0.2, 0) is 0 Å². The van der Waals surface area contributed by atoms with Crippen molar-refractivity contribution in [3.63, 3.8) is 0 Å². The first-order chi connectivity index (χ1) is 10.6. The summed E-state index contributed by atoms with van der Waals surface area (Å²) in [4.78, 5) is 8.95. The molecule has 0 atom stereocenters. The van der Waals surface area contributed by atoms with Gasteiger partial charge < -0.3 is 4.98 Å². The smallest absolute Gasteiger partial charge is 0.206 e. The number of para-hydroxylation sites is 1. The molecule has 0 unspecified atom stereocenters. The fourth-order valence-corrected chi connectivity index (χ4v) is 3.35. The molecule has 4 nitrogen and oxygen atoms in total. The first-order valence-electron chi connectivity index (χ1n) is 7.39. The lowest BCUT2D eigenvalue weighted by Gasteiger charge is -1.99. The van der Waals surface area contributed by atoms with Gasteiger partial charge in [-0.2, -0.15) is 5.10 Å². The van der Waals surface area contributed by atoms with Gasteiger partial charge >= 0.3 is 0 Å². The summed E-state index contributed by atoms with van der Waals surface area (Å²) in [6, 6.07) is 8.55. The number of benzene rings is 1. The van der Waals surface area contributed by atoms with Gasteiger partial charge in [-0.15, -0.1) is 11.3 Å². The maximum Gasteiger partial charge on any atom is 0.206 e. The number of hydrogen-bond acceptors (Lipinski definition) is 3. The normalized spacial score (nSPS) is 13.0. The molecule has 5 heteroatoms. The second-order valence-corrected chi connectivity index (χ2v) is 6.48. The molecule has 1 aromatic carbocycles. The van der Waals surface area contributed by atoms with Gasteiger partial charge in [0.15, 0.2) is 0 Å². The van der Waals surface area contributed by atoms with E-state index in [-0.39, 0.29) is 6.04 Å². The van der Waals surface area contributed by atoms with E-state index in [0.29, 0.717) is 0 Å². The van der Waals surface area contributed by atoms with E-state index in [0.717, 1.165) is 27.3 Å². The molecule has 3 aromatic rings. The number of rotatable bonds is 3. The van der Waals surface area contributed by atoms with Crippen molar-refractivity contribution in [2.24, 2.45) is 10.1 Å². The van der Waals surface area contributed by atoms with E-state index in [1.165, 1.54) is 5.39 Å². The average Bonchev–Trinajstić information content (AvgIpc) is 2.97. The predicted molar refractivity (Wildman–Crippen MR) is 93.8 cm³/mol. The monoisotopic (exact) mass is 312 g/mol. The van der Waals surface area contributed by atoms with Crippen molar-refractivity contribution in [1.29, 1.82) is 0 Å². The van der Waals surface area contributed by atoms with Gasteiger partial charge in [0.25, 0.3) is 0 Å². The zero-order valence-corrected chi connectivity index (χ0v) is 14.1. The van der Waals surface area contributed by atoms with Crippen LogP contribution < -0.4 is 4.80 Å². The van der Waals surface area contributed by atoms with Crippen LogP contribution in [0.25, 0.3) is 10.9 Å². The molecular formula is C17H20N4S. The van der Waals surface area contributed by atoms with Crippen LogP contribution in [0.5, 0.6) is 0 Å². The largest absolute Gasteiger partial charge is 0.358 e. The highest BCUT2D eigenvalue weighted by molar-refractivity contribution is 7.07. The van der Waals surface area contributed by atoms with E-state index in [1.807, 2.05) is 17.0 Å². The number of aromatic nitrogens is 2. The molecule has 1 N–H and O–H groups in total. The molecule has 114 valence electrons. The van der Waals surface area contributed by atoms with Gasteiger partial charge in [-0.25, -0.2) is 4.68 Å². The quantitative estimate of drug-likeness (QED) is 0.714. The van der Waals surface area contributed by atoms with Crippen molar-refractivity contribution in [1.82, 2.24) is 9.66 Å². The summed E-state index contributed by atoms with van der Waals surface area (Å²) in [6.07, 6.45) is 1.92. The Kier molecular flexibility index (Phi) is 3.98. The van der Waals surface area contributed by atoms with Crippen molar-refractivity contribution in [3.05, 3.63) is 51.4 Å². The molecule has 0 saturated carbocycles. The molecule has 0 amide bonds. The standard InChI is InChI=1S/C17H20N4S/c1-11(2)19-17-21(12(3)10-22-17)18-9-15-13(4)20-16-8-6-5-7-14(15)16/h5-11,20H,1-4H3. The molecule has 2 heterocycles. The molecule has 0 spiro atoms. The number of hydrogen-bond donors (Lipinski definition) is 1. The number of thiazole rings is 1. The molecule has 0 aliphatic carbocycles. The van der Waals surface area contributed by atoms with Crippen LogP contribution in [0.3, 0.4) is 0 Å².